The Morgan fingerprint density at radius 2 is 1.72 bits per heavy atom. The third-order valence-electron chi connectivity index (χ3n) is 3.88. The van der Waals surface area contributed by atoms with E-state index in [0.717, 1.165) is 37.2 Å². The Bertz CT molecular complexity index is 380. The van der Waals surface area contributed by atoms with Crippen LogP contribution in [0.4, 0.5) is 0 Å². The van der Waals surface area contributed by atoms with Gasteiger partial charge < -0.3 is 15.2 Å². The maximum absolute atomic E-state index is 10.4. The van der Waals surface area contributed by atoms with Gasteiger partial charge in [-0.3, -0.25) is 0 Å². The molecule has 3 heteroatoms. The van der Waals surface area contributed by atoms with Crippen LogP contribution in [0.3, 0.4) is 0 Å². The van der Waals surface area contributed by atoms with Crippen LogP contribution in [0, 0.1) is 5.92 Å². The highest BCUT2D eigenvalue weighted by Crippen LogP contribution is 2.31. The Morgan fingerprint density at radius 3 is 2.33 bits per heavy atom. The Labute approximate surface area is 108 Å². The van der Waals surface area contributed by atoms with E-state index >= 15 is 0 Å². The standard InChI is InChI=1S/C15H21NO2/c17-15(12-7-9-16-10-8-12)11-1-3-13(4-2-11)18-14-5-6-14/h1-4,12,14-17H,5-10H2. The predicted octanol–water partition coefficient (Wildman–Crippen LogP) is 2.26. The van der Waals surface area contributed by atoms with Crippen molar-refractivity contribution < 1.29 is 9.84 Å². The molecule has 0 amide bonds. The molecule has 0 spiro atoms. The van der Waals surface area contributed by atoms with E-state index in [1.54, 1.807) is 0 Å². The lowest BCUT2D eigenvalue weighted by Crippen LogP contribution is -2.30. The van der Waals surface area contributed by atoms with E-state index < -0.39 is 0 Å². The summed E-state index contributed by atoms with van der Waals surface area (Å²) in [7, 11) is 0. The minimum absolute atomic E-state index is 0.331. The molecule has 2 N–H and O–H groups in total. The molecule has 0 bridgehead atoms. The van der Waals surface area contributed by atoms with Crippen molar-refractivity contribution in [1.29, 1.82) is 0 Å². The number of ether oxygens (including phenoxy) is 1. The first-order chi connectivity index (χ1) is 8.83. The third-order valence-corrected chi connectivity index (χ3v) is 3.88. The fraction of sp³-hybridized carbons (Fsp3) is 0.600. The maximum Gasteiger partial charge on any atom is 0.119 e. The summed E-state index contributed by atoms with van der Waals surface area (Å²) in [6.07, 6.45) is 4.58. The second-order valence-corrected chi connectivity index (χ2v) is 5.42. The van der Waals surface area contributed by atoms with Gasteiger partial charge in [-0.15, -0.1) is 0 Å². The van der Waals surface area contributed by atoms with E-state index in [0.29, 0.717) is 12.0 Å². The van der Waals surface area contributed by atoms with Gasteiger partial charge in [0.05, 0.1) is 12.2 Å². The Balaban J connectivity index is 1.63. The van der Waals surface area contributed by atoms with E-state index in [1.165, 1.54) is 12.8 Å². The number of aliphatic hydroxyl groups is 1. The number of aliphatic hydroxyl groups excluding tert-OH is 1. The molecule has 1 unspecified atom stereocenters. The van der Waals surface area contributed by atoms with Gasteiger partial charge in [0.15, 0.2) is 0 Å². The highest BCUT2D eigenvalue weighted by molar-refractivity contribution is 5.29. The smallest absolute Gasteiger partial charge is 0.119 e. The number of hydrogen-bond donors (Lipinski definition) is 2. The van der Waals surface area contributed by atoms with Crippen LogP contribution in [0.1, 0.15) is 37.4 Å². The molecule has 1 aromatic carbocycles. The Morgan fingerprint density at radius 1 is 1.06 bits per heavy atom. The van der Waals surface area contributed by atoms with E-state index in [2.05, 4.69) is 5.32 Å². The third kappa shape index (κ3) is 2.85. The number of nitrogens with one attached hydrogen (secondary N) is 1. The molecule has 2 aliphatic rings. The number of rotatable bonds is 4. The van der Waals surface area contributed by atoms with Crippen molar-refractivity contribution in [2.75, 3.05) is 13.1 Å². The molecule has 1 atom stereocenters. The zero-order valence-corrected chi connectivity index (χ0v) is 10.6. The maximum atomic E-state index is 10.4. The van der Waals surface area contributed by atoms with Crippen LogP contribution in [0.15, 0.2) is 24.3 Å². The predicted molar refractivity (Wildman–Crippen MR) is 70.6 cm³/mol. The molecule has 1 saturated carbocycles. The SMILES string of the molecule is OC(c1ccc(OC2CC2)cc1)C1CCNCC1. The van der Waals surface area contributed by atoms with Gasteiger partial charge in [0.1, 0.15) is 5.75 Å². The van der Waals surface area contributed by atoms with Gasteiger partial charge in [0, 0.05) is 0 Å². The molecule has 3 rings (SSSR count). The molecular weight excluding hydrogens is 226 g/mol. The molecule has 98 valence electrons. The van der Waals surface area contributed by atoms with Crippen LogP contribution < -0.4 is 10.1 Å². The molecule has 0 radical (unpaired) electrons. The average Bonchev–Trinajstić information content (AvgIpc) is 3.24. The van der Waals surface area contributed by atoms with E-state index in [9.17, 15) is 5.11 Å². The summed E-state index contributed by atoms with van der Waals surface area (Å²) in [5.41, 5.74) is 1.02. The zero-order chi connectivity index (χ0) is 12.4. The summed E-state index contributed by atoms with van der Waals surface area (Å²) in [4.78, 5) is 0. The Hall–Kier alpha value is -1.06. The van der Waals surface area contributed by atoms with Gasteiger partial charge in [0.2, 0.25) is 0 Å². The lowest BCUT2D eigenvalue weighted by atomic mass is 9.88. The van der Waals surface area contributed by atoms with Crippen molar-refractivity contribution in [3.05, 3.63) is 29.8 Å². The lowest BCUT2D eigenvalue weighted by molar-refractivity contribution is 0.0889. The highest BCUT2D eigenvalue weighted by Gasteiger charge is 2.25. The summed E-state index contributed by atoms with van der Waals surface area (Å²) in [6.45, 7) is 2.04. The topological polar surface area (TPSA) is 41.5 Å². The minimum atomic E-state index is -0.331. The number of benzene rings is 1. The van der Waals surface area contributed by atoms with Crippen molar-refractivity contribution in [2.45, 2.75) is 37.9 Å². The quantitative estimate of drug-likeness (QED) is 0.857. The van der Waals surface area contributed by atoms with Crippen LogP contribution in [-0.4, -0.2) is 24.3 Å². The monoisotopic (exact) mass is 247 g/mol. The van der Waals surface area contributed by atoms with E-state index in [1.807, 2.05) is 24.3 Å². The molecule has 1 heterocycles. The molecule has 1 aliphatic heterocycles. The van der Waals surface area contributed by atoms with Crippen molar-refractivity contribution in [3.63, 3.8) is 0 Å². The van der Waals surface area contributed by atoms with Crippen LogP contribution in [0.5, 0.6) is 5.75 Å². The fourth-order valence-electron chi connectivity index (χ4n) is 2.55. The van der Waals surface area contributed by atoms with Gasteiger partial charge in [-0.1, -0.05) is 12.1 Å². The lowest BCUT2D eigenvalue weighted by Gasteiger charge is -2.27. The minimum Gasteiger partial charge on any atom is -0.490 e. The molecule has 1 aliphatic carbocycles. The van der Waals surface area contributed by atoms with Crippen LogP contribution in [0.2, 0.25) is 0 Å². The van der Waals surface area contributed by atoms with E-state index in [-0.39, 0.29) is 6.10 Å². The summed E-state index contributed by atoms with van der Waals surface area (Å²) >= 11 is 0. The fourth-order valence-corrected chi connectivity index (χ4v) is 2.55. The molecule has 2 fully saturated rings. The molecule has 18 heavy (non-hydrogen) atoms. The molecule has 1 aromatic rings. The van der Waals surface area contributed by atoms with Gasteiger partial charge in [-0.2, -0.15) is 0 Å². The van der Waals surface area contributed by atoms with Gasteiger partial charge >= 0.3 is 0 Å². The average molecular weight is 247 g/mol. The van der Waals surface area contributed by atoms with E-state index in [4.69, 9.17) is 4.74 Å². The van der Waals surface area contributed by atoms with Crippen LogP contribution >= 0.6 is 0 Å². The zero-order valence-electron chi connectivity index (χ0n) is 10.6. The Kier molecular flexibility index (Phi) is 3.52. The number of piperidine rings is 1. The highest BCUT2D eigenvalue weighted by atomic mass is 16.5. The van der Waals surface area contributed by atoms with Crippen molar-refractivity contribution in [2.24, 2.45) is 5.92 Å². The summed E-state index contributed by atoms with van der Waals surface area (Å²) in [5, 5.41) is 13.7. The van der Waals surface area contributed by atoms with Crippen molar-refractivity contribution in [3.8, 4) is 5.75 Å². The number of hydrogen-bond acceptors (Lipinski definition) is 3. The normalized spacial score (nSPS) is 22.7. The summed E-state index contributed by atoms with van der Waals surface area (Å²) < 4.78 is 5.71. The first-order valence-corrected chi connectivity index (χ1v) is 6.98. The van der Waals surface area contributed by atoms with Gasteiger partial charge in [0.25, 0.3) is 0 Å². The van der Waals surface area contributed by atoms with Crippen LogP contribution in [-0.2, 0) is 0 Å². The first kappa shape index (κ1) is 12.0. The van der Waals surface area contributed by atoms with Crippen molar-refractivity contribution >= 4 is 0 Å². The second kappa shape index (κ2) is 5.29. The van der Waals surface area contributed by atoms with Crippen molar-refractivity contribution in [1.82, 2.24) is 5.32 Å². The molecular formula is C15H21NO2. The summed E-state index contributed by atoms with van der Waals surface area (Å²) in [5.74, 6) is 1.32. The molecule has 0 aromatic heterocycles. The van der Waals surface area contributed by atoms with Gasteiger partial charge in [-0.05, 0) is 62.4 Å². The largest absolute Gasteiger partial charge is 0.490 e. The second-order valence-electron chi connectivity index (χ2n) is 5.42. The van der Waals surface area contributed by atoms with Gasteiger partial charge in [-0.25, -0.2) is 0 Å². The molecule has 1 saturated heterocycles. The first-order valence-electron chi connectivity index (χ1n) is 6.98. The summed E-state index contributed by atoms with van der Waals surface area (Å²) in [6, 6.07) is 7.98. The molecule has 3 nitrogen and oxygen atoms in total. The van der Waals surface area contributed by atoms with Crippen LogP contribution in [0.25, 0.3) is 0 Å².